The Hall–Kier alpha value is -3.80. The largest absolute Gasteiger partial charge is 0.362 e. The number of aryl methyl sites for hydroxylation is 1. The summed E-state index contributed by atoms with van der Waals surface area (Å²) in [5.74, 6) is 0.0992. The predicted molar refractivity (Wildman–Crippen MR) is 97.2 cm³/mol. The van der Waals surface area contributed by atoms with E-state index in [1.54, 1.807) is 12.1 Å². The molecule has 0 aromatic carbocycles. The van der Waals surface area contributed by atoms with Gasteiger partial charge in [-0.3, -0.25) is 15.2 Å². The minimum absolute atomic E-state index is 0.231. The molecule has 0 bridgehead atoms. The van der Waals surface area contributed by atoms with Crippen molar-refractivity contribution in [3.63, 3.8) is 0 Å². The molecular weight excluding hydrogens is 347 g/mol. The summed E-state index contributed by atoms with van der Waals surface area (Å²) < 4.78 is 13.1. The first kappa shape index (κ1) is 16.7. The van der Waals surface area contributed by atoms with Gasteiger partial charge in [-0.2, -0.15) is 15.5 Å². The van der Waals surface area contributed by atoms with Crippen LogP contribution in [0.15, 0.2) is 30.5 Å². The molecule has 4 rings (SSSR count). The summed E-state index contributed by atoms with van der Waals surface area (Å²) in [6.45, 7) is 3.78. The topological polar surface area (TPSA) is 119 Å². The van der Waals surface area contributed by atoms with Crippen molar-refractivity contribution in [1.82, 2.24) is 30.4 Å². The molecule has 1 atom stereocenters. The van der Waals surface area contributed by atoms with Crippen LogP contribution in [-0.4, -0.2) is 30.4 Å². The van der Waals surface area contributed by atoms with Gasteiger partial charge >= 0.3 is 0 Å². The van der Waals surface area contributed by atoms with Crippen LogP contribution in [0.4, 0.5) is 10.2 Å². The zero-order valence-electron chi connectivity index (χ0n) is 14.6. The lowest BCUT2D eigenvalue weighted by Gasteiger charge is -2.14. The fraction of sp³-hybridized carbons (Fsp3) is 0.167. The number of fused-ring (bicyclic) bond motifs is 1. The summed E-state index contributed by atoms with van der Waals surface area (Å²) in [5.41, 5.74) is 4.26. The van der Waals surface area contributed by atoms with E-state index in [1.165, 1.54) is 12.3 Å². The number of nitrogens with one attached hydrogen (secondary N) is 3. The Balaban J connectivity index is 1.75. The second-order valence-electron chi connectivity index (χ2n) is 6.17. The highest BCUT2D eigenvalue weighted by atomic mass is 19.1. The SMILES string of the molecule is Cc1cc(-c2[nH]nc3c(C#N)cc(NC(C)c4ccc(F)cn4)nc23)n[nH]1. The third kappa shape index (κ3) is 3.08. The van der Waals surface area contributed by atoms with Crippen molar-refractivity contribution < 1.29 is 4.39 Å². The van der Waals surface area contributed by atoms with Crippen LogP contribution in [-0.2, 0) is 0 Å². The van der Waals surface area contributed by atoms with Crippen LogP contribution in [0.5, 0.6) is 0 Å². The molecule has 0 spiro atoms. The Labute approximate surface area is 153 Å². The van der Waals surface area contributed by atoms with Crippen molar-refractivity contribution in [2.75, 3.05) is 5.32 Å². The van der Waals surface area contributed by atoms with E-state index >= 15 is 0 Å². The standard InChI is InChI=1S/C18H15FN8/c1-9-5-14(25-24-9)17-18-16(26-27-17)11(7-20)6-15(23-18)22-10(2)13-4-3-12(19)8-21-13/h3-6,8,10H,1-2H3,(H,22,23)(H,24,25)(H,26,27). The molecule has 0 aliphatic rings. The smallest absolute Gasteiger partial charge is 0.141 e. The highest BCUT2D eigenvalue weighted by molar-refractivity contribution is 5.93. The van der Waals surface area contributed by atoms with Gasteiger partial charge in [-0.15, -0.1) is 0 Å². The van der Waals surface area contributed by atoms with E-state index in [0.717, 1.165) is 5.69 Å². The molecule has 0 saturated carbocycles. The molecule has 27 heavy (non-hydrogen) atoms. The van der Waals surface area contributed by atoms with E-state index in [-0.39, 0.29) is 6.04 Å². The van der Waals surface area contributed by atoms with Gasteiger partial charge in [0, 0.05) is 11.8 Å². The van der Waals surface area contributed by atoms with Crippen LogP contribution < -0.4 is 5.32 Å². The third-order valence-electron chi connectivity index (χ3n) is 4.15. The van der Waals surface area contributed by atoms with Crippen molar-refractivity contribution in [1.29, 1.82) is 5.26 Å². The van der Waals surface area contributed by atoms with Crippen LogP contribution in [0.2, 0.25) is 0 Å². The van der Waals surface area contributed by atoms with Gasteiger partial charge < -0.3 is 5.32 Å². The summed E-state index contributed by atoms with van der Waals surface area (Å²) >= 11 is 0. The summed E-state index contributed by atoms with van der Waals surface area (Å²) in [5, 5.41) is 26.9. The van der Waals surface area contributed by atoms with Crippen molar-refractivity contribution in [3.05, 3.63) is 53.2 Å². The molecule has 0 aliphatic carbocycles. The fourth-order valence-electron chi connectivity index (χ4n) is 2.81. The number of pyridine rings is 2. The van der Waals surface area contributed by atoms with Gasteiger partial charge in [0.15, 0.2) is 0 Å². The van der Waals surface area contributed by atoms with Gasteiger partial charge in [-0.1, -0.05) is 0 Å². The zero-order valence-corrected chi connectivity index (χ0v) is 14.6. The van der Waals surface area contributed by atoms with E-state index in [9.17, 15) is 9.65 Å². The molecule has 9 heteroatoms. The second kappa shape index (κ2) is 6.49. The van der Waals surface area contributed by atoms with Crippen molar-refractivity contribution in [2.45, 2.75) is 19.9 Å². The number of halogens is 1. The van der Waals surface area contributed by atoms with Gasteiger partial charge in [0.1, 0.15) is 40.1 Å². The number of aromatic nitrogens is 6. The highest BCUT2D eigenvalue weighted by Crippen LogP contribution is 2.28. The van der Waals surface area contributed by atoms with Gasteiger partial charge in [0.2, 0.25) is 0 Å². The molecule has 4 heterocycles. The number of H-pyrrole nitrogens is 2. The molecule has 0 saturated heterocycles. The molecule has 134 valence electrons. The number of nitrogens with zero attached hydrogens (tertiary/aromatic N) is 5. The van der Waals surface area contributed by atoms with E-state index in [0.29, 0.717) is 39.5 Å². The summed E-state index contributed by atoms with van der Waals surface area (Å²) in [4.78, 5) is 8.67. The molecule has 4 aromatic rings. The molecule has 0 aliphatic heterocycles. The van der Waals surface area contributed by atoms with E-state index in [2.05, 4.69) is 41.7 Å². The lowest BCUT2D eigenvalue weighted by atomic mass is 10.1. The number of hydrogen-bond acceptors (Lipinski definition) is 6. The average Bonchev–Trinajstić information content (AvgIpc) is 3.27. The van der Waals surface area contributed by atoms with Crippen molar-refractivity contribution in [3.8, 4) is 17.5 Å². The Kier molecular flexibility index (Phi) is 4.01. The monoisotopic (exact) mass is 362 g/mol. The number of anilines is 1. The van der Waals surface area contributed by atoms with Gasteiger partial charge in [0.05, 0.1) is 23.5 Å². The van der Waals surface area contributed by atoms with Gasteiger partial charge in [-0.05, 0) is 32.0 Å². The first-order valence-electron chi connectivity index (χ1n) is 8.24. The zero-order chi connectivity index (χ0) is 19.0. The molecule has 0 radical (unpaired) electrons. The molecule has 4 aromatic heterocycles. The van der Waals surface area contributed by atoms with Crippen LogP contribution in [0, 0.1) is 24.1 Å². The Morgan fingerprint density at radius 1 is 1.19 bits per heavy atom. The maximum atomic E-state index is 13.1. The third-order valence-corrected chi connectivity index (χ3v) is 4.15. The Morgan fingerprint density at radius 2 is 2.04 bits per heavy atom. The van der Waals surface area contributed by atoms with Crippen LogP contribution in [0.25, 0.3) is 22.4 Å². The molecular formula is C18H15FN8. The number of rotatable bonds is 4. The molecule has 8 nitrogen and oxygen atoms in total. The van der Waals surface area contributed by atoms with Gasteiger partial charge in [0.25, 0.3) is 0 Å². The minimum Gasteiger partial charge on any atom is -0.362 e. The second-order valence-corrected chi connectivity index (χ2v) is 6.17. The number of hydrogen-bond donors (Lipinski definition) is 3. The maximum absolute atomic E-state index is 13.1. The summed E-state index contributed by atoms with van der Waals surface area (Å²) in [7, 11) is 0. The molecule has 3 N–H and O–H groups in total. The van der Waals surface area contributed by atoms with Gasteiger partial charge in [-0.25, -0.2) is 9.37 Å². The predicted octanol–water partition coefficient (Wildman–Crippen LogP) is 3.24. The first-order chi connectivity index (χ1) is 13.0. The Bertz CT molecular complexity index is 1150. The molecule has 0 amide bonds. The molecule has 0 fully saturated rings. The number of nitriles is 1. The molecule has 1 unspecified atom stereocenters. The lowest BCUT2D eigenvalue weighted by Crippen LogP contribution is -2.10. The highest BCUT2D eigenvalue weighted by Gasteiger charge is 2.17. The number of aromatic amines is 2. The van der Waals surface area contributed by atoms with E-state index in [1.807, 2.05) is 19.9 Å². The summed E-state index contributed by atoms with van der Waals surface area (Å²) in [6, 6.07) is 8.36. The maximum Gasteiger partial charge on any atom is 0.141 e. The van der Waals surface area contributed by atoms with E-state index in [4.69, 9.17) is 0 Å². The quantitative estimate of drug-likeness (QED) is 0.513. The van der Waals surface area contributed by atoms with Crippen molar-refractivity contribution >= 4 is 16.9 Å². The van der Waals surface area contributed by atoms with Crippen LogP contribution in [0.1, 0.15) is 29.9 Å². The Morgan fingerprint density at radius 3 is 2.70 bits per heavy atom. The van der Waals surface area contributed by atoms with Crippen LogP contribution in [0.3, 0.4) is 0 Å². The van der Waals surface area contributed by atoms with E-state index < -0.39 is 5.82 Å². The summed E-state index contributed by atoms with van der Waals surface area (Å²) in [6.07, 6.45) is 1.17. The average molecular weight is 362 g/mol. The normalized spacial score (nSPS) is 12.1. The lowest BCUT2D eigenvalue weighted by molar-refractivity contribution is 0.617. The minimum atomic E-state index is -0.394. The first-order valence-corrected chi connectivity index (χ1v) is 8.24. The van der Waals surface area contributed by atoms with Crippen molar-refractivity contribution in [2.24, 2.45) is 0 Å². The van der Waals surface area contributed by atoms with Crippen LogP contribution >= 0.6 is 0 Å². The fourth-order valence-corrected chi connectivity index (χ4v) is 2.81.